The third-order valence-corrected chi connectivity index (χ3v) is 2.34. The summed E-state index contributed by atoms with van der Waals surface area (Å²) in [5.74, 6) is -5.71. The van der Waals surface area contributed by atoms with Crippen molar-refractivity contribution in [3.8, 4) is 5.75 Å². The quantitative estimate of drug-likeness (QED) is 0.601. The predicted octanol–water partition coefficient (Wildman–Crippen LogP) is 4.23. The molecule has 2 aromatic rings. The van der Waals surface area contributed by atoms with Gasteiger partial charge in [0.25, 0.3) is 0 Å². The van der Waals surface area contributed by atoms with E-state index in [0.717, 1.165) is 0 Å². The van der Waals surface area contributed by atoms with E-state index in [-0.39, 0.29) is 5.75 Å². The van der Waals surface area contributed by atoms with Crippen LogP contribution in [0.1, 0.15) is 5.56 Å². The molecule has 0 aliphatic rings. The van der Waals surface area contributed by atoms with Crippen molar-refractivity contribution in [2.45, 2.75) is 6.11 Å². The molecule has 19 heavy (non-hydrogen) atoms. The van der Waals surface area contributed by atoms with E-state index in [2.05, 4.69) is 4.74 Å². The molecule has 0 amide bonds. The molecule has 0 aliphatic carbocycles. The molecule has 6 heteroatoms. The summed E-state index contributed by atoms with van der Waals surface area (Å²) in [4.78, 5) is 0. The van der Waals surface area contributed by atoms with Crippen LogP contribution in [-0.2, 0) is 6.11 Å². The van der Waals surface area contributed by atoms with Crippen molar-refractivity contribution < 1.29 is 26.7 Å². The highest BCUT2D eigenvalue weighted by atomic mass is 19.3. The lowest BCUT2D eigenvalue weighted by Gasteiger charge is -2.18. The maximum absolute atomic E-state index is 13.7. The minimum absolute atomic E-state index is 0.225. The molecule has 0 atom stereocenters. The minimum Gasteiger partial charge on any atom is -0.429 e. The third kappa shape index (κ3) is 2.67. The summed E-state index contributed by atoms with van der Waals surface area (Å²) < 4.78 is 70.5. The van der Waals surface area contributed by atoms with Gasteiger partial charge in [-0.1, -0.05) is 18.2 Å². The lowest BCUT2D eigenvalue weighted by Crippen LogP contribution is -2.24. The highest BCUT2D eigenvalue weighted by molar-refractivity contribution is 5.26. The van der Waals surface area contributed by atoms with Gasteiger partial charge in [-0.05, 0) is 24.3 Å². The Morgan fingerprint density at radius 1 is 0.789 bits per heavy atom. The largest absolute Gasteiger partial charge is 0.429 e. The van der Waals surface area contributed by atoms with Crippen molar-refractivity contribution >= 4 is 0 Å². The van der Waals surface area contributed by atoms with Gasteiger partial charge in [-0.3, -0.25) is 0 Å². The van der Waals surface area contributed by atoms with E-state index in [1.165, 1.54) is 24.3 Å². The first kappa shape index (κ1) is 13.3. The first-order valence-electron chi connectivity index (χ1n) is 5.17. The topological polar surface area (TPSA) is 9.23 Å². The standard InChI is InChI=1S/C13H7F5O/c14-10-7-6-9(11(15)12(10)16)13(17,18)19-8-4-2-1-3-5-8/h1-7H. The monoisotopic (exact) mass is 274 g/mol. The number of alkyl halides is 2. The van der Waals surface area contributed by atoms with Gasteiger partial charge in [0.2, 0.25) is 0 Å². The maximum atomic E-state index is 13.7. The molecule has 0 N–H and O–H groups in total. The molecule has 0 saturated heterocycles. The molecule has 100 valence electrons. The van der Waals surface area contributed by atoms with E-state index in [1.54, 1.807) is 6.07 Å². The zero-order valence-corrected chi connectivity index (χ0v) is 9.34. The number of hydrogen-bond acceptors (Lipinski definition) is 1. The van der Waals surface area contributed by atoms with Gasteiger partial charge in [0.15, 0.2) is 17.5 Å². The Kier molecular flexibility index (Phi) is 3.42. The van der Waals surface area contributed by atoms with Gasteiger partial charge in [0.05, 0.1) is 0 Å². The molecular formula is C13H7F5O. The van der Waals surface area contributed by atoms with E-state index in [4.69, 9.17) is 0 Å². The first-order chi connectivity index (χ1) is 8.92. The summed E-state index contributed by atoms with van der Waals surface area (Å²) in [6.07, 6.45) is -4.11. The molecule has 1 nitrogen and oxygen atoms in total. The zero-order valence-electron chi connectivity index (χ0n) is 9.34. The van der Waals surface area contributed by atoms with Crippen LogP contribution >= 0.6 is 0 Å². The molecule has 0 radical (unpaired) electrons. The van der Waals surface area contributed by atoms with Crippen molar-refractivity contribution in [3.05, 3.63) is 65.5 Å². The van der Waals surface area contributed by atoms with Crippen molar-refractivity contribution in [3.63, 3.8) is 0 Å². The van der Waals surface area contributed by atoms with Gasteiger partial charge in [-0.25, -0.2) is 13.2 Å². The molecule has 0 aliphatic heterocycles. The second-order valence-corrected chi connectivity index (χ2v) is 3.65. The van der Waals surface area contributed by atoms with Crippen LogP contribution in [0.5, 0.6) is 5.75 Å². The Morgan fingerprint density at radius 2 is 1.42 bits per heavy atom. The third-order valence-electron chi connectivity index (χ3n) is 2.34. The SMILES string of the molecule is Fc1ccc(C(F)(F)Oc2ccccc2)c(F)c1F. The lowest BCUT2D eigenvalue weighted by molar-refractivity contribution is -0.187. The lowest BCUT2D eigenvalue weighted by atomic mass is 10.2. The van der Waals surface area contributed by atoms with E-state index in [9.17, 15) is 22.0 Å². The molecule has 0 spiro atoms. The van der Waals surface area contributed by atoms with Crippen LogP contribution < -0.4 is 4.74 Å². The number of benzene rings is 2. The van der Waals surface area contributed by atoms with Crippen LogP contribution in [0, 0.1) is 17.5 Å². The van der Waals surface area contributed by atoms with Crippen molar-refractivity contribution in [2.75, 3.05) is 0 Å². The van der Waals surface area contributed by atoms with E-state index in [0.29, 0.717) is 12.1 Å². The highest BCUT2D eigenvalue weighted by Gasteiger charge is 2.39. The zero-order chi connectivity index (χ0) is 14.0. The van der Waals surface area contributed by atoms with Crippen LogP contribution in [0.25, 0.3) is 0 Å². The molecule has 0 fully saturated rings. The fourth-order valence-electron chi connectivity index (χ4n) is 1.44. The Hall–Kier alpha value is -2.11. The van der Waals surface area contributed by atoms with Crippen LogP contribution in [0.2, 0.25) is 0 Å². The smallest absolute Gasteiger partial charge is 0.429 e. The van der Waals surface area contributed by atoms with Crippen molar-refractivity contribution in [2.24, 2.45) is 0 Å². The molecule has 0 aromatic heterocycles. The fourth-order valence-corrected chi connectivity index (χ4v) is 1.44. The number of halogens is 5. The van der Waals surface area contributed by atoms with Gasteiger partial charge in [0.1, 0.15) is 11.3 Å². The molecule has 0 heterocycles. The normalized spacial score (nSPS) is 11.4. The Balaban J connectivity index is 2.37. The summed E-state index contributed by atoms with van der Waals surface area (Å²) in [5, 5.41) is 0. The summed E-state index contributed by atoms with van der Waals surface area (Å²) >= 11 is 0. The van der Waals surface area contributed by atoms with Gasteiger partial charge < -0.3 is 4.74 Å². The van der Waals surface area contributed by atoms with Crippen LogP contribution in [-0.4, -0.2) is 0 Å². The average Bonchev–Trinajstić information content (AvgIpc) is 2.36. The Labute approximate surface area is 105 Å². The first-order valence-corrected chi connectivity index (χ1v) is 5.17. The number of rotatable bonds is 3. The fraction of sp³-hybridized carbons (Fsp3) is 0.0769. The van der Waals surface area contributed by atoms with E-state index >= 15 is 0 Å². The minimum atomic E-state index is -4.11. The molecular weight excluding hydrogens is 267 g/mol. The molecule has 0 saturated carbocycles. The van der Waals surface area contributed by atoms with Crippen molar-refractivity contribution in [1.29, 1.82) is 0 Å². The van der Waals surface area contributed by atoms with Gasteiger partial charge >= 0.3 is 6.11 Å². The van der Waals surface area contributed by atoms with Crippen molar-refractivity contribution in [1.82, 2.24) is 0 Å². The summed E-state index contributed by atoms with van der Waals surface area (Å²) in [6, 6.07) is 7.76. The molecule has 0 unspecified atom stereocenters. The molecule has 0 bridgehead atoms. The molecule has 2 rings (SSSR count). The predicted molar refractivity (Wildman–Crippen MR) is 57.3 cm³/mol. The van der Waals surface area contributed by atoms with Gasteiger partial charge in [-0.2, -0.15) is 8.78 Å². The Morgan fingerprint density at radius 3 is 2.05 bits per heavy atom. The summed E-state index contributed by atoms with van der Waals surface area (Å²) in [6.45, 7) is 0. The summed E-state index contributed by atoms with van der Waals surface area (Å²) in [5.41, 5.74) is -1.37. The number of ether oxygens (including phenoxy) is 1. The van der Waals surface area contributed by atoms with Gasteiger partial charge in [-0.15, -0.1) is 0 Å². The maximum Gasteiger partial charge on any atom is 0.429 e. The molecule has 2 aromatic carbocycles. The van der Waals surface area contributed by atoms with Crippen LogP contribution in [0.3, 0.4) is 0 Å². The van der Waals surface area contributed by atoms with E-state index < -0.39 is 29.1 Å². The van der Waals surface area contributed by atoms with Gasteiger partial charge in [0, 0.05) is 0 Å². The number of para-hydroxylation sites is 1. The van der Waals surface area contributed by atoms with Crippen LogP contribution in [0.15, 0.2) is 42.5 Å². The second-order valence-electron chi connectivity index (χ2n) is 3.65. The second kappa shape index (κ2) is 4.87. The average molecular weight is 274 g/mol. The number of hydrogen-bond donors (Lipinski definition) is 0. The van der Waals surface area contributed by atoms with Crippen LogP contribution in [0.4, 0.5) is 22.0 Å². The highest BCUT2D eigenvalue weighted by Crippen LogP contribution is 2.34. The van der Waals surface area contributed by atoms with E-state index in [1.807, 2.05) is 0 Å². The Bertz CT molecular complexity index is 583. The summed E-state index contributed by atoms with van der Waals surface area (Å²) in [7, 11) is 0.